The van der Waals surface area contributed by atoms with E-state index in [1.54, 1.807) is 44.2 Å². The Morgan fingerprint density at radius 1 is 1.17 bits per heavy atom. The molecule has 0 saturated heterocycles. The number of hydrogen-bond donors (Lipinski definition) is 2. The predicted octanol–water partition coefficient (Wildman–Crippen LogP) is 5.78. The van der Waals surface area contributed by atoms with Gasteiger partial charge in [-0.1, -0.05) is 35.3 Å². The summed E-state index contributed by atoms with van der Waals surface area (Å²) < 4.78 is 10.9. The van der Waals surface area contributed by atoms with Gasteiger partial charge in [0.05, 0.1) is 18.2 Å². The van der Waals surface area contributed by atoms with Crippen molar-refractivity contribution in [2.45, 2.75) is 45.9 Å². The number of hydrogen-bond acceptors (Lipinski definition) is 6. The van der Waals surface area contributed by atoms with E-state index in [-0.39, 0.29) is 25.0 Å². The van der Waals surface area contributed by atoms with Gasteiger partial charge in [0.15, 0.2) is 6.10 Å². The second kappa shape index (κ2) is 11.9. The fourth-order valence-corrected chi connectivity index (χ4v) is 4.98. The van der Waals surface area contributed by atoms with Crippen LogP contribution in [0.4, 0.5) is 0 Å². The van der Waals surface area contributed by atoms with Crippen LogP contribution in [-0.4, -0.2) is 41.3 Å². The molecule has 0 fully saturated rings. The van der Waals surface area contributed by atoms with Crippen LogP contribution in [0.15, 0.2) is 36.4 Å². The van der Waals surface area contributed by atoms with Crippen molar-refractivity contribution in [3.63, 3.8) is 0 Å². The predicted molar refractivity (Wildman–Crippen MR) is 138 cm³/mol. The van der Waals surface area contributed by atoms with Crippen molar-refractivity contribution in [2.75, 3.05) is 7.11 Å². The van der Waals surface area contributed by atoms with Crippen molar-refractivity contribution in [1.82, 2.24) is 10.3 Å². The number of nitrogens with one attached hydrogen (secondary N) is 1. The minimum Gasteiger partial charge on any atom is -0.496 e. The SMILES string of the molecule is COc1ccc(CC(OC(C)C)C(=O)O)cc1CNC(=O)c1nc(-c2ccc(Cl)cc2Cl)sc1C. The van der Waals surface area contributed by atoms with E-state index in [1.165, 1.54) is 18.4 Å². The lowest BCUT2D eigenvalue weighted by Gasteiger charge is -2.18. The van der Waals surface area contributed by atoms with E-state index in [1.807, 2.05) is 13.0 Å². The molecule has 3 aromatic rings. The lowest BCUT2D eigenvalue weighted by atomic mass is 10.0. The molecule has 1 heterocycles. The number of rotatable bonds is 10. The molecular weight excluding hydrogens is 511 g/mol. The number of carbonyl (C=O) groups is 2. The molecular formula is C25H26Cl2N2O5S. The number of methoxy groups -OCH3 is 1. The van der Waals surface area contributed by atoms with E-state index in [0.717, 1.165) is 10.4 Å². The third-order valence-corrected chi connectivity index (χ3v) is 6.64. The van der Waals surface area contributed by atoms with Crippen molar-refractivity contribution < 1.29 is 24.2 Å². The number of aryl methyl sites for hydroxylation is 1. The molecule has 3 rings (SSSR count). The number of carboxylic acid groups (broad SMARTS) is 1. The zero-order valence-electron chi connectivity index (χ0n) is 19.7. The number of carbonyl (C=O) groups excluding carboxylic acids is 1. The van der Waals surface area contributed by atoms with Gasteiger partial charge in [-0.2, -0.15) is 0 Å². The summed E-state index contributed by atoms with van der Waals surface area (Å²) in [4.78, 5) is 29.7. The van der Waals surface area contributed by atoms with Crippen LogP contribution in [0.1, 0.15) is 40.3 Å². The smallest absolute Gasteiger partial charge is 0.333 e. The molecule has 7 nitrogen and oxygen atoms in total. The summed E-state index contributed by atoms with van der Waals surface area (Å²) in [5.41, 5.74) is 2.48. The number of thiazole rings is 1. The van der Waals surface area contributed by atoms with Crippen LogP contribution in [0, 0.1) is 6.92 Å². The Balaban J connectivity index is 1.76. The Hall–Kier alpha value is -2.65. The Morgan fingerprint density at radius 2 is 1.91 bits per heavy atom. The van der Waals surface area contributed by atoms with Crippen LogP contribution >= 0.6 is 34.5 Å². The summed E-state index contributed by atoms with van der Waals surface area (Å²) in [6.45, 7) is 5.57. The summed E-state index contributed by atoms with van der Waals surface area (Å²) in [5.74, 6) is -0.789. The average Bonchev–Trinajstić information content (AvgIpc) is 3.18. The van der Waals surface area contributed by atoms with Gasteiger partial charge < -0.3 is 19.9 Å². The number of amides is 1. The molecule has 1 amide bonds. The Morgan fingerprint density at radius 3 is 2.54 bits per heavy atom. The molecule has 0 spiro atoms. The van der Waals surface area contributed by atoms with E-state index in [0.29, 0.717) is 37.6 Å². The molecule has 1 unspecified atom stereocenters. The standard InChI is InChI=1S/C25H26Cl2N2O5S/c1-13(2)34-21(25(31)32)10-15-5-8-20(33-4)16(9-15)12-28-23(30)22-14(3)35-24(29-22)18-7-6-17(26)11-19(18)27/h5-9,11,13,21H,10,12H2,1-4H3,(H,28,30)(H,31,32). The van der Waals surface area contributed by atoms with E-state index in [2.05, 4.69) is 10.3 Å². The zero-order valence-corrected chi connectivity index (χ0v) is 22.1. The first kappa shape index (κ1) is 26.9. The second-order valence-electron chi connectivity index (χ2n) is 8.09. The maximum atomic E-state index is 12.9. The molecule has 2 aromatic carbocycles. The minimum atomic E-state index is -1.03. The first-order valence-electron chi connectivity index (χ1n) is 10.8. The third-order valence-electron chi connectivity index (χ3n) is 5.09. The molecule has 0 saturated carbocycles. The molecule has 186 valence electrons. The number of nitrogens with zero attached hydrogens (tertiary/aromatic N) is 1. The number of halogens is 2. The summed E-state index contributed by atoms with van der Waals surface area (Å²) in [6, 6.07) is 10.5. The van der Waals surface area contributed by atoms with Crippen LogP contribution in [0.25, 0.3) is 10.6 Å². The van der Waals surface area contributed by atoms with E-state index < -0.39 is 12.1 Å². The molecule has 1 atom stereocenters. The van der Waals surface area contributed by atoms with E-state index >= 15 is 0 Å². The Labute approximate surface area is 218 Å². The minimum absolute atomic E-state index is 0.173. The second-order valence-corrected chi connectivity index (χ2v) is 10.1. The monoisotopic (exact) mass is 536 g/mol. The van der Waals surface area contributed by atoms with Crippen LogP contribution in [0.2, 0.25) is 10.0 Å². The Bertz CT molecular complexity index is 1230. The molecule has 0 bridgehead atoms. The number of aromatic nitrogens is 1. The van der Waals surface area contributed by atoms with Crippen molar-refractivity contribution in [3.05, 3.63) is 68.1 Å². The number of carboxylic acids is 1. The molecule has 0 aliphatic heterocycles. The number of benzene rings is 2. The molecule has 35 heavy (non-hydrogen) atoms. The van der Waals surface area contributed by atoms with Gasteiger partial charge in [-0.05, 0) is 50.6 Å². The van der Waals surface area contributed by atoms with Crippen LogP contribution in [0.5, 0.6) is 5.75 Å². The highest BCUT2D eigenvalue weighted by molar-refractivity contribution is 7.15. The van der Waals surface area contributed by atoms with Crippen LogP contribution in [-0.2, 0) is 22.5 Å². The summed E-state index contributed by atoms with van der Waals surface area (Å²) in [5, 5.41) is 14.0. The largest absolute Gasteiger partial charge is 0.496 e. The summed E-state index contributed by atoms with van der Waals surface area (Å²) in [6.07, 6.45) is -1.00. The van der Waals surface area contributed by atoms with Gasteiger partial charge in [-0.15, -0.1) is 11.3 Å². The maximum absolute atomic E-state index is 12.9. The van der Waals surface area contributed by atoms with Crippen molar-refractivity contribution in [3.8, 4) is 16.3 Å². The number of aliphatic carboxylic acids is 1. The average molecular weight is 537 g/mol. The molecule has 1 aromatic heterocycles. The Kier molecular flexibility index (Phi) is 9.13. The summed E-state index contributed by atoms with van der Waals surface area (Å²) in [7, 11) is 1.54. The fourth-order valence-electron chi connectivity index (χ4n) is 3.48. The third kappa shape index (κ3) is 6.95. The lowest BCUT2D eigenvalue weighted by Crippen LogP contribution is -2.29. The molecule has 2 N–H and O–H groups in total. The molecule has 0 radical (unpaired) electrons. The highest BCUT2D eigenvalue weighted by atomic mass is 35.5. The van der Waals surface area contributed by atoms with Crippen LogP contribution in [0.3, 0.4) is 0 Å². The lowest BCUT2D eigenvalue weighted by molar-refractivity contribution is -0.153. The highest BCUT2D eigenvalue weighted by Crippen LogP contribution is 2.34. The highest BCUT2D eigenvalue weighted by Gasteiger charge is 2.22. The van der Waals surface area contributed by atoms with Gasteiger partial charge in [0.2, 0.25) is 0 Å². The molecule has 10 heteroatoms. The number of ether oxygens (including phenoxy) is 2. The quantitative estimate of drug-likeness (QED) is 0.340. The maximum Gasteiger partial charge on any atom is 0.333 e. The van der Waals surface area contributed by atoms with Gasteiger partial charge in [0, 0.05) is 34.0 Å². The van der Waals surface area contributed by atoms with Crippen molar-refractivity contribution in [1.29, 1.82) is 0 Å². The van der Waals surface area contributed by atoms with E-state index in [9.17, 15) is 14.7 Å². The van der Waals surface area contributed by atoms with Gasteiger partial charge in [-0.25, -0.2) is 9.78 Å². The van der Waals surface area contributed by atoms with Gasteiger partial charge in [0.25, 0.3) is 5.91 Å². The normalized spacial score (nSPS) is 12.0. The summed E-state index contributed by atoms with van der Waals surface area (Å²) >= 11 is 13.6. The molecule has 0 aliphatic carbocycles. The fraction of sp³-hybridized carbons (Fsp3) is 0.320. The van der Waals surface area contributed by atoms with Gasteiger partial charge in [-0.3, -0.25) is 4.79 Å². The topological polar surface area (TPSA) is 97.8 Å². The molecule has 0 aliphatic rings. The van der Waals surface area contributed by atoms with Crippen LogP contribution < -0.4 is 10.1 Å². The van der Waals surface area contributed by atoms with E-state index in [4.69, 9.17) is 32.7 Å². The van der Waals surface area contributed by atoms with Gasteiger partial charge >= 0.3 is 5.97 Å². The van der Waals surface area contributed by atoms with Crippen molar-refractivity contribution in [2.24, 2.45) is 0 Å². The van der Waals surface area contributed by atoms with Gasteiger partial charge in [0.1, 0.15) is 16.5 Å². The first-order chi connectivity index (χ1) is 16.6. The zero-order chi connectivity index (χ0) is 25.7. The first-order valence-corrected chi connectivity index (χ1v) is 12.4. The van der Waals surface area contributed by atoms with Crippen molar-refractivity contribution >= 4 is 46.4 Å².